The summed E-state index contributed by atoms with van der Waals surface area (Å²) in [7, 11) is 0. The second-order valence-corrected chi connectivity index (χ2v) is 4.54. The fourth-order valence-corrected chi connectivity index (χ4v) is 2.08. The number of Topliss-reactive ketones (excluding diaryl/α,β-unsaturated/α-hetero) is 1. The van der Waals surface area contributed by atoms with E-state index >= 15 is 0 Å². The van der Waals surface area contributed by atoms with Crippen LogP contribution in [-0.2, 0) is 14.3 Å². The number of ketones is 1. The minimum Gasteiger partial charge on any atom is -0.466 e. The number of esters is 1. The maximum atomic E-state index is 11.6. The Labute approximate surface area is 102 Å². The zero-order chi connectivity index (χ0) is 12.8. The van der Waals surface area contributed by atoms with Crippen molar-refractivity contribution in [2.75, 3.05) is 26.2 Å². The van der Waals surface area contributed by atoms with Gasteiger partial charge in [0.1, 0.15) is 6.42 Å². The average Bonchev–Trinajstić information content (AvgIpc) is 2.66. The van der Waals surface area contributed by atoms with Gasteiger partial charge >= 0.3 is 5.97 Å². The molecular weight excluding hydrogens is 222 g/mol. The largest absolute Gasteiger partial charge is 0.466 e. The lowest BCUT2D eigenvalue weighted by Gasteiger charge is -2.16. The van der Waals surface area contributed by atoms with Gasteiger partial charge in [0.25, 0.3) is 0 Å². The summed E-state index contributed by atoms with van der Waals surface area (Å²) < 4.78 is 4.72. The number of carbonyl (C=O) groups excluding carboxylic acids is 2. The normalized spacial score (nSPS) is 22.4. The summed E-state index contributed by atoms with van der Waals surface area (Å²) >= 11 is 0. The first-order chi connectivity index (χ1) is 8.02. The molecule has 1 N–H and O–H groups in total. The number of nitrogens with zero attached hydrogens (tertiary/aromatic N) is 1. The van der Waals surface area contributed by atoms with Crippen LogP contribution in [-0.4, -0.2) is 54.1 Å². The number of ether oxygens (including phenoxy) is 1. The Morgan fingerprint density at radius 3 is 2.76 bits per heavy atom. The van der Waals surface area contributed by atoms with Gasteiger partial charge < -0.3 is 9.84 Å². The fourth-order valence-electron chi connectivity index (χ4n) is 2.08. The molecule has 1 saturated heterocycles. The van der Waals surface area contributed by atoms with Crippen LogP contribution in [0.5, 0.6) is 0 Å². The third-order valence-electron chi connectivity index (χ3n) is 3.04. The molecule has 5 heteroatoms. The van der Waals surface area contributed by atoms with E-state index in [-0.39, 0.29) is 30.8 Å². The lowest BCUT2D eigenvalue weighted by atomic mass is 10.0. The monoisotopic (exact) mass is 243 g/mol. The van der Waals surface area contributed by atoms with Crippen LogP contribution in [0.1, 0.15) is 26.7 Å². The molecule has 0 spiro atoms. The Kier molecular flexibility index (Phi) is 5.58. The number of hydrogen-bond acceptors (Lipinski definition) is 5. The molecule has 1 heterocycles. The van der Waals surface area contributed by atoms with E-state index in [1.54, 1.807) is 13.8 Å². The predicted molar refractivity (Wildman–Crippen MR) is 62.5 cm³/mol. The van der Waals surface area contributed by atoms with Gasteiger partial charge in [-0.1, -0.05) is 0 Å². The maximum Gasteiger partial charge on any atom is 0.313 e. The second kappa shape index (κ2) is 6.71. The Hall–Kier alpha value is -0.940. The van der Waals surface area contributed by atoms with Crippen LogP contribution in [0.3, 0.4) is 0 Å². The minimum absolute atomic E-state index is 0.116. The molecule has 0 bridgehead atoms. The first kappa shape index (κ1) is 14.1. The van der Waals surface area contributed by atoms with Gasteiger partial charge in [-0.25, -0.2) is 0 Å². The standard InChI is InChI=1S/C12H21NO4/c1-3-17-12(16)6-11(15)8-13-5-4-10(7-13)9(2)14/h9-10,14H,3-8H2,1-2H3. The van der Waals surface area contributed by atoms with Crippen molar-refractivity contribution in [3.63, 3.8) is 0 Å². The van der Waals surface area contributed by atoms with Crippen molar-refractivity contribution in [1.82, 2.24) is 4.90 Å². The SMILES string of the molecule is CCOC(=O)CC(=O)CN1CCC(C(C)O)C1. The van der Waals surface area contributed by atoms with Crippen molar-refractivity contribution in [1.29, 1.82) is 0 Å². The fraction of sp³-hybridized carbons (Fsp3) is 0.833. The van der Waals surface area contributed by atoms with Gasteiger partial charge in [0, 0.05) is 6.54 Å². The highest BCUT2D eigenvalue weighted by molar-refractivity contribution is 5.96. The average molecular weight is 243 g/mol. The number of aliphatic hydroxyl groups excluding tert-OH is 1. The number of rotatable bonds is 6. The summed E-state index contributed by atoms with van der Waals surface area (Å²) in [5.41, 5.74) is 0. The van der Waals surface area contributed by atoms with Gasteiger partial charge in [0.15, 0.2) is 5.78 Å². The second-order valence-electron chi connectivity index (χ2n) is 4.54. The van der Waals surface area contributed by atoms with Crippen LogP contribution in [0.15, 0.2) is 0 Å². The van der Waals surface area contributed by atoms with E-state index in [1.165, 1.54) is 0 Å². The molecule has 0 aliphatic carbocycles. The summed E-state index contributed by atoms with van der Waals surface area (Å²) in [6.45, 7) is 5.61. The zero-order valence-electron chi connectivity index (χ0n) is 10.5. The molecular formula is C12H21NO4. The molecule has 98 valence electrons. The molecule has 1 aliphatic heterocycles. The van der Waals surface area contributed by atoms with Crippen LogP contribution >= 0.6 is 0 Å². The number of likely N-dealkylation sites (tertiary alicyclic amines) is 1. The predicted octanol–water partition coefficient (Wildman–Crippen LogP) is 0.211. The molecule has 0 saturated carbocycles. The van der Waals surface area contributed by atoms with Crippen LogP contribution in [0, 0.1) is 5.92 Å². The van der Waals surface area contributed by atoms with Crippen molar-refractivity contribution in [3.8, 4) is 0 Å². The van der Waals surface area contributed by atoms with E-state index in [1.807, 2.05) is 4.90 Å². The molecule has 0 amide bonds. The van der Waals surface area contributed by atoms with Gasteiger partial charge in [-0.3, -0.25) is 14.5 Å². The molecule has 0 aromatic carbocycles. The number of hydrogen-bond donors (Lipinski definition) is 1. The van der Waals surface area contributed by atoms with Gasteiger partial charge in [-0.15, -0.1) is 0 Å². The number of aliphatic hydroxyl groups is 1. The van der Waals surface area contributed by atoms with Crippen molar-refractivity contribution >= 4 is 11.8 Å². The van der Waals surface area contributed by atoms with Crippen molar-refractivity contribution in [3.05, 3.63) is 0 Å². The Morgan fingerprint density at radius 1 is 1.53 bits per heavy atom. The summed E-state index contributed by atoms with van der Waals surface area (Å²) in [5.74, 6) is -0.330. The minimum atomic E-state index is -0.455. The smallest absolute Gasteiger partial charge is 0.313 e. The third kappa shape index (κ3) is 4.83. The molecule has 0 aromatic heterocycles. The lowest BCUT2D eigenvalue weighted by molar-refractivity contribution is -0.145. The lowest BCUT2D eigenvalue weighted by Crippen LogP contribution is -2.30. The zero-order valence-corrected chi connectivity index (χ0v) is 10.5. The van der Waals surface area contributed by atoms with Crippen LogP contribution < -0.4 is 0 Å². The maximum absolute atomic E-state index is 11.6. The summed E-state index contributed by atoms with van der Waals surface area (Å²) in [4.78, 5) is 24.6. The molecule has 1 rings (SSSR count). The Morgan fingerprint density at radius 2 is 2.24 bits per heavy atom. The van der Waals surface area contributed by atoms with Crippen molar-refractivity contribution < 1.29 is 19.4 Å². The molecule has 1 aliphatic rings. The van der Waals surface area contributed by atoms with E-state index in [0.717, 1.165) is 19.5 Å². The topological polar surface area (TPSA) is 66.8 Å². The van der Waals surface area contributed by atoms with Crippen molar-refractivity contribution in [2.45, 2.75) is 32.8 Å². The summed E-state index contributed by atoms with van der Waals surface area (Å²) in [6, 6.07) is 0. The van der Waals surface area contributed by atoms with Gasteiger partial charge in [-0.05, 0) is 32.7 Å². The molecule has 2 unspecified atom stereocenters. The van der Waals surface area contributed by atoms with E-state index < -0.39 is 5.97 Å². The molecule has 0 aromatic rings. The highest BCUT2D eigenvalue weighted by Crippen LogP contribution is 2.19. The summed E-state index contributed by atoms with van der Waals surface area (Å²) in [5, 5.41) is 9.43. The Bertz CT molecular complexity index is 278. The van der Waals surface area contributed by atoms with Gasteiger partial charge in [0.2, 0.25) is 0 Å². The molecule has 2 atom stereocenters. The van der Waals surface area contributed by atoms with E-state index in [9.17, 15) is 14.7 Å². The first-order valence-corrected chi connectivity index (χ1v) is 6.10. The van der Waals surface area contributed by atoms with E-state index in [4.69, 9.17) is 4.74 Å². The van der Waals surface area contributed by atoms with Crippen molar-refractivity contribution in [2.24, 2.45) is 5.92 Å². The Balaban J connectivity index is 2.26. The van der Waals surface area contributed by atoms with Crippen LogP contribution in [0.4, 0.5) is 0 Å². The quantitative estimate of drug-likeness (QED) is 0.533. The van der Waals surface area contributed by atoms with Gasteiger partial charge in [-0.2, -0.15) is 0 Å². The van der Waals surface area contributed by atoms with Crippen LogP contribution in [0.25, 0.3) is 0 Å². The number of carbonyl (C=O) groups is 2. The molecule has 0 radical (unpaired) electrons. The molecule has 17 heavy (non-hydrogen) atoms. The summed E-state index contributed by atoms with van der Waals surface area (Å²) in [6.07, 6.45) is 0.425. The highest BCUT2D eigenvalue weighted by Gasteiger charge is 2.27. The van der Waals surface area contributed by atoms with E-state index in [0.29, 0.717) is 6.61 Å². The molecule has 5 nitrogen and oxygen atoms in total. The molecule has 1 fully saturated rings. The highest BCUT2D eigenvalue weighted by atomic mass is 16.5. The third-order valence-corrected chi connectivity index (χ3v) is 3.04. The van der Waals surface area contributed by atoms with E-state index in [2.05, 4.69) is 0 Å². The first-order valence-electron chi connectivity index (χ1n) is 6.10. The van der Waals surface area contributed by atoms with Crippen LogP contribution in [0.2, 0.25) is 0 Å². The van der Waals surface area contributed by atoms with Gasteiger partial charge in [0.05, 0.1) is 19.3 Å².